The van der Waals surface area contributed by atoms with Gasteiger partial charge in [-0.05, 0) is 61.4 Å². The van der Waals surface area contributed by atoms with Crippen molar-refractivity contribution in [3.63, 3.8) is 0 Å². The van der Waals surface area contributed by atoms with Crippen molar-refractivity contribution in [1.29, 1.82) is 0 Å². The van der Waals surface area contributed by atoms with Gasteiger partial charge in [0.15, 0.2) is 5.16 Å². The first-order valence-corrected chi connectivity index (χ1v) is 13.4. The number of nitrogens with zero attached hydrogens (tertiary/aromatic N) is 2. The van der Waals surface area contributed by atoms with Gasteiger partial charge in [0.05, 0.1) is 22.5 Å². The lowest BCUT2D eigenvalue weighted by Gasteiger charge is -2.13. The number of aromatic nitrogens is 2. The quantitative estimate of drug-likeness (QED) is 0.189. The Labute approximate surface area is 217 Å². The summed E-state index contributed by atoms with van der Waals surface area (Å²) < 4.78 is 16.2. The molecule has 1 N–H and O–H groups in total. The molecule has 0 saturated heterocycles. The van der Waals surface area contributed by atoms with Gasteiger partial charge in [-0.1, -0.05) is 52.6 Å². The van der Waals surface area contributed by atoms with Crippen LogP contribution in [0.15, 0.2) is 56.9 Å². The maximum atomic E-state index is 14.1. The molecule has 2 heterocycles. The summed E-state index contributed by atoms with van der Waals surface area (Å²) in [5, 5.41) is 4.10. The maximum absolute atomic E-state index is 14.1. The molecule has 4 rings (SSSR count). The molecule has 0 spiro atoms. The number of thioether (sulfide) groups is 1. The van der Waals surface area contributed by atoms with E-state index < -0.39 is 11.7 Å². The average molecular weight is 581 g/mol. The summed E-state index contributed by atoms with van der Waals surface area (Å²) in [7, 11) is 0. The highest BCUT2D eigenvalue weighted by Crippen LogP contribution is 2.31. The summed E-state index contributed by atoms with van der Waals surface area (Å²) in [6.45, 7) is 4.05. The number of anilines is 1. The van der Waals surface area contributed by atoms with Crippen LogP contribution < -0.4 is 10.9 Å². The second kappa shape index (κ2) is 10.6. The van der Waals surface area contributed by atoms with Gasteiger partial charge in [0.25, 0.3) is 5.56 Å². The molecule has 0 radical (unpaired) electrons. The molecule has 0 bridgehead atoms. The zero-order valence-corrected chi connectivity index (χ0v) is 22.3. The summed E-state index contributed by atoms with van der Waals surface area (Å²) >= 11 is 11.9. The minimum atomic E-state index is -0.539. The molecule has 1 amide bonds. The van der Waals surface area contributed by atoms with Crippen molar-refractivity contribution < 1.29 is 9.18 Å². The lowest BCUT2D eigenvalue weighted by Crippen LogP contribution is -2.23. The van der Waals surface area contributed by atoms with Crippen molar-refractivity contribution in [2.75, 3.05) is 11.1 Å². The number of halogens is 3. The topological polar surface area (TPSA) is 64.0 Å². The highest BCUT2D eigenvalue weighted by Gasteiger charge is 2.20. The van der Waals surface area contributed by atoms with E-state index in [9.17, 15) is 14.0 Å². The van der Waals surface area contributed by atoms with Gasteiger partial charge in [-0.25, -0.2) is 9.37 Å². The fraction of sp³-hybridized carbons (Fsp3) is 0.208. The van der Waals surface area contributed by atoms with Crippen LogP contribution in [0.25, 0.3) is 15.9 Å². The molecule has 0 atom stereocenters. The third-order valence-electron chi connectivity index (χ3n) is 5.13. The number of benzene rings is 2. The number of rotatable bonds is 7. The van der Waals surface area contributed by atoms with Gasteiger partial charge in [-0.3, -0.25) is 14.2 Å². The van der Waals surface area contributed by atoms with Gasteiger partial charge in [0.2, 0.25) is 5.91 Å². The number of amides is 1. The molecular formula is C24H20BrClFN3O2S2. The van der Waals surface area contributed by atoms with Crippen LogP contribution in [0.1, 0.15) is 23.8 Å². The Morgan fingerprint density at radius 2 is 2.00 bits per heavy atom. The first-order valence-electron chi connectivity index (χ1n) is 10.5. The lowest BCUT2D eigenvalue weighted by atomic mass is 10.1. The van der Waals surface area contributed by atoms with Crippen LogP contribution in [0.3, 0.4) is 0 Å². The fourth-order valence-corrected chi connectivity index (χ4v) is 6.09. The summed E-state index contributed by atoms with van der Waals surface area (Å²) in [6, 6.07) is 11.3. The summed E-state index contributed by atoms with van der Waals surface area (Å²) in [6.07, 6.45) is 1.84. The zero-order valence-electron chi connectivity index (χ0n) is 18.3. The minimum absolute atomic E-state index is 0.0484. The monoisotopic (exact) mass is 579 g/mol. The van der Waals surface area contributed by atoms with Crippen LogP contribution in [-0.2, 0) is 11.2 Å². The van der Waals surface area contributed by atoms with E-state index in [1.54, 1.807) is 30.3 Å². The first-order chi connectivity index (χ1) is 16.3. The Morgan fingerprint density at radius 3 is 2.68 bits per heavy atom. The van der Waals surface area contributed by atoms with Crippen molar-refractivity contribution in [2.45, 2.75) is 31.8 Å². The number of fused-ring (bicyclic) bond motifs is 1. The molecule has 2 aromatic carbocycles. The number of carbonyl (C=O) groups excluding carboxylic acids is 1. The molecule has 2 aromatic heterocycles. The second-order valence-corrected chi connectivity index (χ2v) is 10.9. The van der Waals surface area contributed by atoms with Gasteiger partial charge < -0.3 is 5.32 Å². The van der Waals surface area contributed by atoms with E-state index in [0.717, 1.165) is 35.0 Å². The highest BCUT2D eigenvalue weighted by molar-refractivity contribution is 9.10. The molecule has 0 aliphatic heterocycles. The van der Waals surface area contributed by atoms with Crippen molar-refractivity contribution in [2.24, 2.45) is 0 Å². The molecule has 5 nitrogen and oxygen atoms in total. The van der Waals surface area contributed by atoms with E-state index in [1.165, 1.54) is 28.0 Å². The van der Waals surface area contributed by atoms with Crippen LogP contribution in [-0.4, -0.2) is 21.2 Å². The van der Waals surface area contributed by atoms with Gasteiger partial charge >= 0.3 is 0 Å². The third-order valence-corrected chi connectivity index (χ3v) is 8.06. The number of hydrogen-bond donors (Lipinski definition) is 1. The van der Waals surface area contributed by atoms with Crippen LogP contribution >= 0.6 is 50.6 Å². The molecule has 0 fully saturated rings. The van der Waals surface area contributed by atoms with E-state index in [1.807, 2.05) is 6.92 Å². The summed E-state index contributed by atoms with van der Waals surface area (Å²) in [4.78, 5) is 32.7. The third kappa shape index (κ3) is 5.22. The fourth-order valence-electron chi connectivity index (χ4n) is 3.50. The van der Waals surface area contributed by atoms with Crippen LogP contribution in [0, 0.1) is 12.7 Å². The van der Waals surface area contributed by atoms with Crippen LogP contribution in [0.5, 0.6) is 0 Å². The van der Waals surface area contributed by atoms with E-state index in [2.05, 4.69) is 28.2 Å². The molecule has 0 unspecified atom stereocenters. The van der Waals surface area contributed by atoms with Gasteiger partial charge in [-0.2, -0.15) is 0 Å². The summed E-state index contributed by atoms with van der Waals surface area (Å²) in [5.74, 6) is -0.993. The molecule has 0 aliphatic rings. The number of aryl methyl sites for hydroxylation is 2. The Hall–Kier alpha value is -2.20. The van der Waals surface area contributed by atoms with Crippen LogP contribution in [0.4, 0.5) is 10.1 Å². The van der Waals surface area contributed by atoms with Crippen molar-refractivity contribution in [3.8, 4) is 5.69 Å². The maximum Gasteiger partial charge on any atom is 0.267 e. The molecule has 0 saturated carbocycles. The number of thiophene rings is 1. The van der Waals surface area contributed by atoms with E-state index >= 15 is 0 Å². The molecule has 176 valence electrons. The Morgan fingerprint density at radius 1 is 1.26 bits per heavy atom. The molecular weight excluding hydrogens is 561 g/mol. The van der Waals surface area contributed by atoms with Gasteiger partial charge in [0, 0.05) is 14.4 Å². The number of carbonyl (C=O) groups is 1. The average Bonchev–Trinajstić information content (AvgIpc) is 3.11. The lowest BCUT2D eigenvalue weighted by molar-refractivity contribution is -0.113. The minimum Gasteiger partial charge on any atom is -0.323 e. The number of hydrogen-bond acceptors (Lipinski definition) is 5. The SMILES string of the molecule is CCCc1sc2nc(SCC(=O)Nc3ccc(Br)cc3F)n(-c3ccc(Cl)cc3)c(=O)c2c1C. The van der Waals surface area contributed by atoms with Gasteiger partial charge in [0.1, 0.15) is 10.6 Å². The van der Waals surface area contributed by atoms with E-state index in [0.29, 0.717) is 30.6 Å². The molecule has 10 heteroatoms. The Balaban J connectivity index is 1.71. The normalized spacial score (nSPS) is 11.2. The predicted octanol–water partition coefficient (Wildman–Crippen LogP) is 6.99. The molecule has 0 aliphatic carbocycles. The second-order valence-electron chi connectivity index (χ2n) is 7.55. The van der Waals surface area contributed by atoms with Gasteiger partial charge in [-0.15, -0.1) is 11.3 Å². The van der Waals surface area contributed by atoms with Crippen molar-refractivity contribution >= 4 is 72.4 Å². The largest absolute Gasteiger partial charge is 0.323 e. The molecule has 4 aromatic rings. The zero-order chi connectivity index (χ0) is 24.4. The van der Waals surface area contributed by atoms with E-state index in [4.69, 9.17) is 16.6 Å². The Kier molecular flexibility index (Phi) is 7.77. The Bertz CT molecular complexity index is 1440. The number of nitrogens with one attached hydrogen (secondary N) is 1. The highest BCUT2D eigenvalue weighted by atomic mass is 79.9. The predicted molar refractivity (Wildman–Crippen MR) is 142 cm³/mol. The summed E-state index contributed by atoms with van der Waals surface area (Å²) in [5.41, 5.74) is 1.45. The standard InChI is InChI=1S/C24H20BrClFN3O2S2/c1-3-4-19-13(2)21-22(34-19)29-24(30(23(21)32)16-8-6-15(26)7-9-16)33-12-20(31)28-18-10-5-14(25)11-17(18)27/h5-11H,3-4,12H2,1-2H3,(H,28,31). The van der Waals surface area contributed by atoms with Crippen molar-refractivity contribution in [3.05, 3.63) is 78.6 Å². The smallest absolute Gasteiger partial charge is 0.267 e. The van der Waals surface area contributed by atoms with Crippen molar-refractivity contribution in [1.82, 2.24) is 9.55 Å². The van der Waals surface area contributed by atoms with E-state index in [-0.39, 0.29) is 17.0 Å². The molecule has 34 heavy (non-hydrogen) atoms. The first kappa shape index (κ1) is 24.9. The van der Waals surface area contributed by atoms with Crippen LogP contribution in [0.2, 0.25) is 5.02 Å².